The molecule has 1 saturated heterocycles. The van der Waals surface area contributed by atoms with Gasteiger partial charge in [-0.05, 0) is 30.7 Å². The van der Waals surface area contributed by atoms with E-state index in [0.29, 0.717) is 0 Å². The minimum Gasteiger partial charge on any atom is -0.333 e. The molecule has 0 radical (unpaired) electrons. The average Bonchev–Trinajstić information content (AvgIpc) is 2.98. The highest BCUT2D eigenvalue weighted by molar-refractivity contribution is 7.10. The standard InChI is InChI=1S/C13H20N2OS/c1-2-5-10(14)13(16)15-8-3-6-11(15)12-7-4-9-17-12/h4,7,9-11H,2-3,5-6,8,14H2,1H3. The molecule has 1 fully saturated rings. The van der Waals surface area contributed by atoms with E-state index >= 15 is 0 Å². The van der Waals surface area contributed by atoms with Gasteiger partial charge >= 0.3 is 0 Å². The van der Waals surface area contributed by atoms with Crippen molar-refractivity contribution in [3.63, 3.8) is 0 Å². The molecule has 94 valence electrons. The number of nitrogens with zero attached hydrogens (tertiary/aromatic N) is 1. The topological polar surface area (TPSA) is 46.3 Å². The number of nitrogens with two attached hydrogens (primary N) is 1. The Kier molecular flexibility index (Phi) is 4.18. The van der Waals surface area contributed by atoms with Gasteiger partial charge in [-0.3, -0.25) is 4.79 Å². The average molecular weight is 252 g/mol. The number of carbonyl (C=O) groups excluding carboxylic acids is 1. The molecule has 4 heteroatoms. The van der Waals surface area contributed by atoms with Crippen LogP contribution in [-0.2, 0) is 4.79 Å². The van der Waals surface area contributed by atoms with E-state index in [1.807, 2.05) is 11.0 Å². The molecule has 2 unspecified atom stereocenters. The van der Waals surface area contributed by atoms with Crippen LogP contribution in [0.3, 0.4) is 0 Å². The minimum atomic E-state index is -0.319. The van der Waals surface area contributed by atoms with Crippen molar-refractivity contribution in [3.05, 3.63) is 22.4 Å². The zero-order chi connectivity index (χ0) is 12.3. The molecule has 2 atom stereocenters. The van der Waals surface area contributed by atoms with E-state index in [4.69, 9.17) is 5.73 Å². The second-order valence-corrected chi connectivity index (χ2v) is 5.58. The van der Waals surface area contributed by atoms with Crippen molar-refractivity contribution in [2.45, 2.75) is 44.7 Å². The molecule has 2 N–H and O–H groups in total. The number of thiophene rings is 1. The van der Waals surface area contributed by atoms with Crippen LogP contribution in [0.2, 0.25) is 0 Å². The first-order chi connectivity index (χ1) is 8.24. The summed E-state index contributed by atoms with van der Waals surface area (Å²) in [7, 11) is 0. The van der Waals surface area contributed by atoms with Crippen LogP contribution in [0.25, 0.3) is 0 Å². The first-order valence-electron chi connectivity index (χ1n) is 6.33. The summed E-state index contributed by atoms with van der Waals surface area (Å²) >= 11 is 1.73. The summed E-state index contributed by atoms with van der Waals surface area (Å²) in [4.78, 5) is 15.5. The van der Waals surface area contributed by atoms with Gasteiger partial charge < -0.3 is 10.6 Å². The minimum absolute atomic E-state index is 0.128. The Bertz CT molecular complexity index is 364. The molecule has 1 aliphatic rings. The van der Waals surface area contributed by atoms with Crippen LogP contribution >= 0.6 is 11.3 Å². The van der Waals surface area contributed by atoms with E-state index in [2.05, 4.69) is 18.4 Å². The highest BCUT2D eigenvalue weighted by Crippen LogP contribution is 2.34. The normalized spacial score (nSPS) is 21.8. The third-order valence-corrected chi connectivity index (χ3v) is 4.30. The first-order valence-corrected chi connectivity index (χ1v) is 7.21. The fourth-order valence-corrected chi connectivity index (χ4v) is 3.33. The van der Waals surface area contributed by atoms with Crippen LogP contribution in [-0.4, -0.2) is 23.4 Å². The quantitative estimate of drug-likeness (QED) is 0.895. The third-order valence-electron chi connectivity index (χ3n) is 3.32. The maximum atomic E-state index is 12.2. The monoisotopic (exact) mass is 252 g/mol. The van der Waals surface area contributed by atoms with Gasteiger partial charge in [0.2, 0.25) is 5.91 Å². The van der Waals surface area contributed by atoms with Gasteiger partial charge in [0.15, 0.2) is 0 Å². The van der Waals surface area contributed by atoms with E-state index in [0.717, 1.165) is 32.2 Å². The van der Waals surface area contributed by atoms with E-state index in [9.17, 15) is 4.79 Å². The summed E-state index contributed by atoms with van der Waals surface area (Å²) in [6.07, 6.45) is 3.91. The first kappa shape index (κ1) is 12.6. The molecule has 1 aliphatic heterocycles. The lowest BCUT2D eigenvalue weighted by atomic mass is 10.1. The van der Waals surface area contributed by atoms with Gasteiger partial charge in [0.25, 0.3) is 0 Å². The maximum Gasteiger partial charge on any atom is 0.240 e. The Labute approximate surface area is 107 Å². The van der Waals surface area contributed by atoms with Crippen LogP contribution in [0.5, 0.6) is 0 Å². The van der Waals surface area contributed by atoms with E-state index in [1.54, 1.807) is 11.3 Å². The van der Waals surface area contributed by atoms with E-state index < -0.39 is 0 Å². The molecule has 1 aromatic heterocycles. The maximum absolute atomic E-state index is 12.2. The Morgan fingerprint density at radius 1 is 1.71 bits per heavy atom. The second-order valence-electron chi connectivity index (χ2n) is 4.60. The van der Waals surface area contributed by atoms with Gasteiger partial charge in [-0.2, -0.15) is 0 Å². The summed E-state index contributed by atoms with van der Waals surface area (Å²) in [6.45, 7) is 2.92. The summed E-state index contributed by atoms with van der Waals surface area (Å²) in [5.74, 6) is 0.128. The molecule has 0 bridgehead atoms. The van der Waals surface area contributed by atoms with Gasteiger partial charge in [0.1, 0.15) is 0 Å². The van der Waals surface area contributed by atoms with Gasteiger partial charge in [-0.1, -0.05) is 19.4 Å². The molecule has 0 aliphatic carbocycles. The number of likely N-dealkylation sites (tertiary alicyclic amines) is 1. The number of amides is 1. The zero-order valence-corrected chi connectivity index (χ0v) is 11.1. The Hall–Kier alpha value is -0.870. The molecule has 2 rings (SSSR count). The fourth-order valence-electron chi connectivity index (χ4n) is 2.45. The Morgan fingerprint density at radius 2 is 2.53 bits per heavy atom. The predicted octanol–water partition coefficient (Wildman–Crippen LogP) is 2.54. The van der Waals surface area contributed by atoms with E-state index in [-0.39, 0.29) is 18.0 Å². The molecule has 0 spiro atoms. The van der Waals surface area contributed by atoms with Crippen LogP contribution < -0.4 is 5.73 Å². The summed E-state index contributed by atoms with van der Waals surface area (Å²) in [6, 6.07) is 4.12. The molecule has 0 aromatic carbocycles. The van der Waals surface area contributed by atoms with Crippen molar-refractivity contribution < 1.29 is 4.79 Å². The number of hydrogen-bond acceptors (Lipinski definition) is 3. The Morgan fingerprint density at radius 3 is 3.18 bits per heavy atom. The summed E-state index contributed by atoms with van der Waals surface area (Å²) in [5.41, 5.74) is 5.94. The molecular weight excluding hydrogens is 232 g/mol. The molecule has 3 nitrogen and oxygen atoms in total. The van der Waals surface area contributed by atoms with Crippen LogP contribution in [0.1, 0.15) is 43.5 Å². The number of carbonyl (C=O) groups is 1. The molecule has 0 saturated carbocycles. The second kappa shape index (κ2) is 5.65. The van der Waals surface area contributed by atoms with Crippen molar-refractivity contribution >= 4 is 17.2 Å². The van der Waals surface area contributed by atoms with Crippen molar-refractivity contribution in [2.75, 3.05) is 6.54 Å². The number of rotatable bonds is 4. The molecule has 1 aromatic rings. The summed E-state index contributed by atoms with van der Waals surface area (Å²) < 4.78 is 0. The Balaban J connectivity index is 2.07. The van der Waals surface area contributed by atoms with Crippen LogP contribution in [0.15, 0.2) is 17.5 Å². The highest BCUT2D eigenvalue weighted by Gasteiger charge is 2.32. The van der Waals surface area contributed by atoms with Crippen LogP contribution in [0.4, 0.5) is 0 Å². The molecule has 17 heavy (non-hydrogen) atoms. The van der Waals surface area contributed by atoms with Crippen molar-refractivity contribution in [1.29, 1.82) is 0 Å². The van der Waals surface area contributed by atoms with Crippen LogP contribution in [0, 0.1) is 0 Å². The lowest BCUT2D eigenvalue weighted by molar-refractivity contribution is -0.133. The summed E-state index contributed by atoms with van der Waals surface area (Å²) in [5, 5.41) is 2.07. The smallest absolute Gasteiger partial charge is 0.240 e. The molecule has 2 heterocycles. The van der Waals surface area contributed by atoms with Crippen molar-refractivity contribution in [2.24, 2.45) is 5.73 Å². The van der Waals surface area contributed by atoms with Gasteiger partial charge in [-0.25, -0.2) is 0 Å². The lowest BCUT2D eigenvalue weighted by Crippen LogP contribution is -2.43. The van der Waals surface area contributed by atoms with Crippen molar-refractivity contribution in [3.8, 4) is 0 Å². The van der Waals surface area contributed by atoms with E-state index in [1.165, 1.54) is 4.88 Å². The largest absolute Gasteiger partial charge is 0.333 e. The third kappa shape index (κ3) is 2.69. The number of hydrogen-bond donors (Lipinski definition) is 1. The molecule has 1 amide bonds. The van der Waals surface area contributed by atoms with Crippen molar-refractivity contribution in [1.82, 2.24) is 4.90 Å². The van der Waals surface area contributed by atoms with Gasteiger partial charge in [-0.15, -0.1) is 11.3 Å². The fraction of sp³-hybridized carbons (Fsp3) is 0.615. The lowest BCUT2D eigenvalue weighted by Gasteiger charge is -2.26. The zero-order valence-electron chi connectivity index (χ0n) is 10.3. The predicted molar refractivity (Wildman–Crippen MR) is 70.9 cm³/mol. The van der Waals surface area contributed by atoms with Gasteiger partial charge in [0, 0.05) is 11.4 Å². The SMILES string of the molecule is CCCC(N)C(=O)N1CCCC1c1cccs1. The van der Waals surface area contributed by atoms with Gasteiger partial charge in [0.05, 0.1) is 12.1 Å². The molecular formula is C13H20N2OS. The highest BCUT2D eigenvalue weighted by atomic mass is 32.1.